The molecule has 0 N–H and O–H groups in total. The number of rotatable bonds is 2. The van der Waals surface area contributed by atoms with Crippen molar-refractivity contribution in [3.8, 4) is 44.7 Å². The van der Waals surface area contributed by atoms with Gasteiger partial charge in [-0.25, -0.2) is 9.97 Å². The second-order valence-corrected chi connectivity index (χ2v) is 12.4. The summed E-state index contributed by atoms with van der Waals surface area (Å²) in [5.74, 6) is 2.29. The van der Waals surface area contributed by atoms with E-state index in [9.17, 15) is 0 Å². The molecule has 1 aliphatic heterocycles. The van der Waals surface area contributed by atoms with E-state index < -0.39 is 5.41 Å². The molecule has 0 saturated carbocycles. The molecule has 0 amide bonds. The number of benzene rings is 6. The van der Waals surface area contributed by atoms with Crippen LogP contribution in [0.1, 0.15) is 22.3 Å². The van der Waals surface area contributed by atoms with Crippen molar-refractivity contribution in [3.63, 3.8) is 0 Å². The molecule has 2 aromatic heterocycles. The molecule has 10 rings (SSSR count). The van der Waals surface area contributed by atoms with Crippen LogP contribution >= 0.6 is 11.3 Å². The summed E-state index contributed by atoms with van der Waals surface area (Å²) in [4.78, 5) is 9.87. The van der Waals surface area contributed by atoms with Crippen LogP contribution in [0, 0.1) is 0 Å². The van der Waals surface area contributed by atoms with Crippen LogP contribution in [0.4, 0.5) is 0 Å². The van der Waals surface area contributed by atoms with Crippen molar-refractivity contribution in [2.75, 3.05) is 0 Å². The maximum atomic E-state index is 6.64. The average molecular weight is 583 g/mol. The summed E-state index contributed by atoms with van der Waals surface area (Å²) in [5, 5.41) is 1.01. The van der Waals surface area contributed by atoms with E-state index in [0.717, 1.165) is 55.4 Å². The van der Waals surface area contributed by atoms with E-state index in [-0.39, 0.29) is 0 Å². The Morgan fingerprint density at radius 3 is 2.14 bits per heavy atom. The van der Waals surface area contributed by atoms with Crippen molar-refractivity contribution in [2.45, 2.75) is 5.41 Å². The molecule has 0 bridgehead atoms. The standard InChI is InChI=1S/C39H22N2O2S/c1-2-10-27-25(9-1)26-19-17-24(38-41-32-13-5-8-16-36(32)44-38)22-29(26)39(27)28-11-3-6-14-33(28)42-34-20-18-23(21-30(34)39)37-40-31-12-4-7-15-35(31)43-37/h1-22H. The first kappa shape index (κ1) is 24.0. The maximum Gasteiger partial charge on any atom is 0.227 e. The minimum absolute atomic E-state index is 0.595. The van der Waals surface area contributed by atoms with E-state index in [1.165, 1.54) is 27.0 Å². The molecule has 1 spiro atoms. The Labute approximate surface area is 256 Å². The Kier molecular flexibility index (Phi) is 4.77. The van der Waals surface area contributed by atoms with Gasteiger partial charge in [-0.2, -0.15) is 0 Å². The smallest absolute Gasteiger partial charge is 0.227 e. The second-order valence-electron chi connectivity index (χ2n) is 11.3. The molecule has 1 unspecified atom stereocenters. The molecule has 2 aliphatic rings. The first-order valence-corrected chi connectivity index (χ1v) is 15.5. The van der Waals surface area contributed by atoms with Crippen LogP contribution in [0.2, 0.25) is 0 Å². The van der Waals surface area contributed by atoms with Gasteiger partial charge in [-0.3, -0.25) is 0 Å². The van der Waals surface area contributed by atoms with Gasteiger partial charge in [-0.1, -0.05) is 78.9 Å². The van der Waals surface area contributed by atoms with Gasteiger partial charge in [0.15, 0.2) is 5.58 Å². The molecule has 5 heteroatoms. The van der Waals surface area contributed by atoms with Crippen molar-refractivity contribution in [2.24, 2.45) is 0 Å². The monoisotopic (exact) mass is 582 g/mol. The molecule has 1 aliphatic carbocycles. The highest BCUT2D eigenvalue weighted by molar-refractivity contribution is 7.21. The SMILES string of the molecule is c1ccc2c(c1)Oc1ccc(-c3nc4ccccc4o3)cc1C21c2ccccc2-c2ccc(-c3nc4ccccc4s3)cc21. The van der Waals surface area contributed by atoms with E-state index >= 15 is 0 Å². The molecule has 6 aromatic carbocycles. The third kappa shape index (κ3) is 3.16. The highest BCUT2D eigenvalue weighted by atomic mass is 32.1. The number of ether oxygens (including phenoxy) is 1. The molecule has 4 nitrogen and oxygen atoms in total. The third-order valence-corrected chi connectivity index (χ3v) is 10.1. The van der Waals surface area contributed by atoms with Gasteiger partial charge in [0.2, 0.25) is 5.89 Å². The zero-order valence-corrected chi connectivity index (χ0v) is 24.1. The van der Waals surface area contributed by atoms with Crippen molar-refractivity contribution >= 4 is 32.7 Å². The first-order valence-electron chi connectivity index (χ1n) is 14.7. The minimum Gasteiger partial charge on any atom is -0.457 e. The molecule has 3 heterocycles. The third-order valence-electron chi connectivity index (χ3n) is 9.02. The fourth-order valence-electron chi connectivity index (χ4n) is 7.16. The quantitative estimate of drug-likeness (QED) is 0.203. The summed E-state index contributed by atoms with van der Waals surface area (Å²) in [6.45, 7) is 0. The van der Waals surface area contributed by atoms with Gasteiger partial charge in [0.1, 0.15) is 22.0 Å². The lowest BCUT2D eigenvalue weighted by Gasteiger charge is -2.39. The van der Waals surface area contributed by atoms with Crippen molar-refractivity contribution < 1.29 is 9.15 Å². The second kappa shape index (κ2) is 8.75. The average Bonchev–Trinajstić information content (AvgIpc) is 3.78. The van der Waals surface area contributed by atoms with Crippen molar-refractivity contribution in [1.82, 2.24) is 9.97 Å². The Morgan fingerprint density at radius 1 is 0.523 bits per heavy atom. The van der Waals surface area contributed by atoms with Gasteiger partial charge >= 0.3 is 0 Å². The van der Waals surface area contributed by atoms with Gasteiger partial charge in [-0.05, 0) is 76.9 Å². The van der Waals surface area contributed by atoms with Gasteiger partial charge in [0.05, 0.1) is 15.6 Å². The Balaban J connectivity index is 1.28. The van der Waals surface area contributed by atoms with Crippen LogP contribution in [-0.4, -0.2) is 9.97 Å². The number of oxazole rings is 1. The van der Waals surface area contributed by atoms with Crippen LogP contribution in [0.15, 0.2) is 138 Å². The summed E-state index contributed by atoms with van der Waals surface area (Å²) in [6, 6.07) is 46.6. The van der Waals surface area contributed by atoms with E-state index in [0.29, 0.717) is 5.89 Å². The number of hydrogen-bond acceptors (Lipinski definition) is 5. The molecule has 0 saturated heterocycles. The molecular formula is C39H22N2O2S. The Hall–Kier alpha value is -5.52. The molecule has 0 fully saturated rings. The van der Waals surface area contributed by atoms with Crippen LogP contribution in [0.3, 0.4) is 0 Å². The van der Waals surface area contributed by atoms with Crippen LogP contribution in [-0.2, 0) is 5.41 Å². The summed E-state index contributed by atoms with van der Waals surface area (Å²) in [5.41, 5.74) is 11.2. The molecule has 1 atom stereocenters. The van der Waals surface area contributed by atoms with Gasteiger partial charge in [-0.15, -0.1) is 11.3 Å². The normalized spacial score (nSPS) is 16.0. The Morgan fingerprint density at radius 2 is 1.23 bits per heavy atom. The van der Waals surface area contributed by atoms with E-state index in [4.69, 9.17) is 19.1 Å². The van der Waals surface area contributed by atoms with Gasteiger partial charge in [0.25, 0.3) is 0 Å². The topological polar surface area (TPSA) is 48.2 Å². The first-order chi connectivity index (χ1) is 21.8. The van der Waals surface area contributed by atoms with Gasteiger partial charge < -0.3 is 9.15 Å². The van der Waals surface area contributed by atoms with E-state index in [1.54, 1.807) is 11.3 Å². The zero-order valence-electron chi connectivity index (χ0n) is 23.3. The highest BCUT2D eigenvalue weighted by Crippen LogP contribution is 2.62. The number of aromatic nitrogens is 2. The number of fused-ring (bicyclic) bond motifs is 11. The van der Waals surface area contributed by atoms with Crippen LogP contribution < -0.4 is 4.74 Å². The van der Waals surface area contributed by atoms with Crippen LogP contribution in [0.25, 0.3) is 54.5 Å². The predicted octanol–water partition coefficient (Wildman–Crippen LogP) is 10.2. The summed E-state index contributed by atoms with van der Waals surface area (Å²) >= 11 is 1.73. The van der Waals surface area contributed by atoms with Gasteiger partial charge in [0, 0.05) is 22.3 Å². The van der Waals surface area contributed by atoms with E-state index in [2.05, 4.69) is 91.0 Å². The molecule has 8 aromatic rings. The summed E-state index contributed by atoms with van der Waals surface area (Å²) in [6.07, 6.45) is 0. The van der Waals surface area contributed by atoms with E-state index in [1.807, 2.05) is 42.5 Å². The summed E-state index contributed by atoms with van der Waals surface area (Å²) in [7, 11) is 0. The van der Waals surface area contributed by atoms with Crippen molar-refractivity contribution in [3.05, 3.63) is 156 Å². The fraction of sp³-hybridized carbons (Fsp3) is 0.0256. The lowest BCUT2D eigenvalue weighted by atomic mass is 9.65. The summed E-state index contributed by atoms with van der Waals surface area (Å²) < 4.78 is 14.1. The lowest BCUT2D eigenvalue weighted by Crippen LogP contribution is -2.32. The molecule has 0 radical (unpaired) electrons. The van der Waals surface area contributed by atoms with Crippen LogP contribution in [0.5, 0.6) is 11.5 Å². The largest absolute Gasteiger partial charge is 0.457 e. The zero-order chi connectivity index (χ0) is 28.8. The Bertz CT molecular complexity index is 2390. The number of para-hydroxylation sites is 4. The number of nitrogens with zero attached hydrogens (tertiary/aromatic N) is 2. The van der Waals surface area contributed by atoms with Crippen molar-refractivity contribution in [1.29, 1.82) is 0 Å². The molecule has 206 valence electrons. The molecule has 44 heavy (non-hydrogen) atoms. The number of thiazole rings is 1. The maximum absolute atomic E-state index is 6.64. The fourth-order valence-corrected chi connectivity index (χ4v) is 8.12. The lowest BCUT2D eigenvalue weighted by molar-refractivity contribution is 0.436. The molecular weight excluding hydrogens is 561 g/mol. The minimum atomic E-state index is -0.606. The highest BCUT2D eigenvalue weighted by Gasteiger charge is 2.51. The predicted molar refractivity (Wildman–Crippen MR) is 175 cm³/mol. The number of hydrogen-bond donors (Lipinski definition) is 0.